The van der Waals surface area contributed by atoms with E-state index in [0.29, 0.717) is 30.2 Å². The summed E-state index contributed by atoms with van der Waals surface area (Å²) in [5.41, 5.74) is 3.71. The summed E-state index contributed by atoms with van der Waals surface area (Å²) in [7, 11) is 0. The molecule has 0 bridgehead atoms. The van der Waals surface area contributed by atoms with Crippen molar-refractivity contribution in [3.63, 3.8) is 0 Å². The molecule has 1 N–H and O–H groups in total. The maximum absolute atomic E-state index is 12.7. The van der Waals surface area contributed by atoms with Crippen LogP contribution in [0.4, 0.5) is 5.69 Å². The normalized spacial score (nSPS) is 16.4. The van der Waals surface area contributed by atoms with Gasteiger partial charge in [-0.3, -0.25) is 9.48 Å². The highest BCUT2D eigenvalue weighted by Crippen LogP contribution is 2.21. The van der Waals surface area contributed by atoms with Gasteiger partial charge in [-0.05, 0) is 25.0 Å². The molecule has 140 valence electrons. The van der Waals surface area contributed by atoms with Crippen molar-refractivity contribution in [2.45, 2.75) is 32.1 Å². The van der Waals surface area contributed by atoms with Crippen LogP contribution in [0.2, 0.25) is 0 Å². The number of nitrogens with one attached hydrogen (secondary N) is 1. The number of ether oxygens (including phenoxy) is 2. The molecule has 3 aromatic rings. The van der Waals surface area contributed by atoms with Crippen LogP contribution in [0.1, 0.15) is 28.9 Å². The van der Waals surface area contributed by atoms with E-state index in [4.69, 9.17) is 9.47 Å². The minimum atomic E-state index is -0.236. The second kappa shape index (κ2) is 8.32. The minimum Gasteiger partial charge on any atom is -0.486 e. The zero-order valence-corrected chi connectivity index (χ0v) is 15.5. The molecule has 8 heteroatoms. The first kappa shape index (κ1) is 17.7. The summed E-state index contributed by atoms with van der Waals surface area (Å²) in [6, 6.07) is 7.17. The average molecular weight is 384 g/mol. The lowest BCUT2D eigenvalue weighted by atomic mass is 10.2. The molecule has 1 unspecified atom stereocenters. The van der Waals surface area contributed by atoms with Crippen molar-refractivity contribution in [3.05, 3.63) is 58.8 Å². The van der Waals surface area contributed by atoms with Crippen LogP contribution < -0.4 is 10.1 Å². The Morgan fingerprint density at radius 2 is 2.33 bits per heavy atom. The molecule has 1 aliphatic rings. The molecule has 0 aliphatic carbocycles. The van der Waals surface area contributed by atoms with Crippen LogP contribution in [-0.4, -0.2) is 33.4 Å². The van der Waals surface area contributed by atoms with E-state index in [1.807, 2.05) is 23.7 Å². The fourth-order valence-corrected chi connectivity index (χ4v) is 3.51. The molecular weight excluding hydrogens is 364 g/mol. The summed E-state index contributed by atoms with van der Waals surface area (Å²) in [6.07, 6.45) is 5.80. The second-order valence-electron chi connectivity index (χ2n) is 6.30. The Balaban J connectivity index is 1.40. The SMILES string of the molecule is O=C(Nc1cnn(CC2CCCO2)c1)c1ccccc1OCc1cscn1. The number of thiazole rings is 1. The summed E-state index contributed by atoms with van der Waals surface area (Å²) >= 11 is 1.51. The third kappa shape index (κ3) is 4.53. The molecule has 4 rings (SSSR count). The van der Waals surface area contributed by atoms with Gasteiger partial charge in [-0.1, -0.05) is 12.1 Å². The predicted octanol–water partition coefficient (Wildman–Crippen LogP) is 3.35. The number of para-hydroxylation sites is 1. The van der Waals surface area contributed by atoms with E-state index in [9.17, 15) is 4.79 Å². The average Bonchev–Trinajstić information content (AvgIpc) is 3.44. The summed E-state index contributed by atoms with van der Waals surface area (Å²) in [4.78, 5) is 16.9. The predicted molar refractivity (Wildman–Crippen MR) is 102 cm³/mol. The third-order valence-electron chi connectivity index (χ3n) is 4.30. The van der Waals surface area contributed by atoms with Crippen LogP contribution in [0.5, 0.6) is 5.75 Å². The molecule has 1 aliphatic heterocycles. The molecule has 27 heavy (non-hydrogen) atoms. The molecular formula is C19H20N4O3S. The van der Waals surface area contributed by atoms with Crippen LogP contribution in [0.25, 0.3) is 0 Å². The van der Waals surface area contributed by atoms with Gasteiger partial charge in [0.2, 0.25) is 0 Å². The zero-order chi connectivity index (χ0) is 18.5. The largest absolute Gasteiger partial charge is 0.486 e. The molecule has 2 aromatic heterocycles. The van der Waals surface area contributed by atoms with E-state index in [1.165, 1.54) is 11.3 Å². The van der Waals surface area contributed by atoms with E-state index >= 15 is 0 Å². The topological polar surface area (TPSA) is 78.3 Å². The molecule has 0 saturated carbocycles. The Labute approximate surface area is 161 Å². The van der Waals surface area contributed by atoms with Crippen LogP contribution in [0.15, 0.2) is 47.5 Å². The first-order valence-corrected chi connectivity index (χ1v) is 9.76. The van der Waals surface area contributed by atoms with Gasteiger partial charge in [0.1, 0.15) is 12.4 Å². The van der Waals surface area contributed by atoms with E-state index in [0.717, 1.165) is 25.1 Å². The standard InChI is InChI=1S/C19H20N4O3S/c24-19(22-14-8-21-23(9-14)10-16-4-3-7-25-16)17-5-1-2-6-18(17)26-11-15-12-27-13-20-15/h1-2,5-6,8-9,12-13,16H,3-4,7,10-11H2,(H,22,24). The fourth-order valence-electron chi connectivity index (χ4n) is 2.96. The maximum Gasteiger partial charge on any atom is 0.259 e. The lowest BCUT2D eigenvalue weighted by Gasteiger charge is -2.10. The van der Waals surface area contributed by atoms with Crippen molar-refractivity contribution in [1.29, 1.82) is 0 Å². The molecule has 1 saturated heterocycles. The van der Waals surface area contributed by atoms with E-state index in [-0.39, 0.29) is 12.0 Å². The Bertz CT molecular complexity index is 888. The number of carbonyl (C=O) groups is 1. The highest BCUT2D eigenvalue weighted by Gasteiger charge is 2.17. The number of hydrogen-bond acceptors (Lipinski definition) is 6. The number of carbonyl (C=O) groups excluding carboxylic acids is 1. The smallest absolute Gasteiger partial charge is 0.259 e. The summed E-state index contributed by atoms with van der Waals surface area (Å²) in [5.74, 6) is 0.287. The van der Waals surface area contributed by atoms with Gasteiger partial charge in [0.15, 0.2) is 0 Å². The molecule has 3 heterocycles. The van der Waals surface area contributed by atoms with Crippen LogP contribution in [0, 0.1) is 0 Å². The van der Waals surface area contributed by atoms with Gasteiger partial charge in [0, 0.05) is 18.2 Å². The van der Waals surface area contributed by atoms with Crippen molar-refractivity contribution in [2.24, 2.45) is 0 Å². The van der Waals surface area contributed by atoms with Gasteiger partial charge >= 0.3 is 0 Å². The monoisotopic (exact) mass is 384 g/mol. The number of aromatic nitrogens is 3. The van der Waals surface area contributed by atoms with Crippen molar-refractivity contribution in [3.8, 4) is 5.75 Å². The van der Waals surface area contributed by atoms with Crippen LogP contribution in [-0.2, 0) is 17.9 Å². The van der Waals surface area contributed by atoms with Gasteiger partial charge in [-0.2, -0.15) is 5.10 Å². The molecule has 0 radical (unpaired) electrons. The minimum absolute atomic E-state index is 0.202. The van der Waals surface area contributed by atoms with Crippen molar-refractivity contribution in [1.82, 2.24) is 14.8 Å². The Hall–Kier alpha value is -2.71. The number of benzene rings is 1. The first-order chi connectivity index (χ1) is 13.3. The molecule has 1 atom stereocenters. The van der Waals surface area contributed by atoms with Crippen molar-refractivity contribution >= 4 is 22.9 Å². The number of rotatable bonds is 7. The second-order valence-corrected chi connectivity index (χ2v) is 7.02. The lowest BCUT2D eigenvalue weighted by Crippen LogP contribution is -2.15. The van der Waals surface area contributed by atoms with Gasteiger partial charge in [0.25, 0.3) is 5.91 Å². The van der Waals surface area contributed by atoms with E-state index < -0.39 is 0 Å². The number of amides is 1. The highest BCUT2D eigenvalue weighted by atomic mass is 32.1. The maximum atomic E-state index is 12.7. The first-order valence-electron chi connectivity index (χ1n) is 8.82. The van der Waals surface area contributed by atoms with Crippen molar-refractivity contribution < 1.29 is 14.3 Å². The van der Waals surface area contributed by atoms with Crippen LogP contribution >= 0.6 is 11.3 Å². The van der Waals surface area contributed by atoms with Gasteiger partial charge in [-0.25, -0.2) is 4.98 Å². The highest BCUT2D eigenvalue weighted by molar-refractivity contribution is 7.07. The quantitative estimate of drug-likeness (QED) is 0.676. The molecule has 1 amide bonds. The Morgan fingerprint density at radius 3 is 3.15 bits per heavy atom. The molecule has 1 aromatic carbocycles. The third-order valence-corrected chi connectivity index (χ3v) is 4.93. The Morgan fingerprint density at radius 1 is 1.41 bits per heavy atom. The summed E-state index contributed by atoms with van der Waals surface area (Å²) in [6.45, 7) is 1.84. The summed E-state index contributed by atoms with van der Waals surface area (Å²) in [5, 5.41) is 9.10. The zero-order valence-electron chi connectivity index (χ0n) is 14.7. The Kier molecular flexibility index (Phi) is 5.45. The molecule has 0 spiro atoms. The number of anilines is 1. The fraction of sp³-hybridized carbons (Fsp3) is 0.316. The lowest BCUT2D eigenvalue weighted by molar-refractivity contribution is 0.0940. The molecule has 7 nitrogen and oxygen atoms in total. The van der Waals surface area contributed by atoms with E-state index in [2.05, 4.69) is 15.4 Å². The summed E-state index contributed by atoms with van der Waals surface area (Å²) < 4.78 is 13.2. The molecule has 1 fully saturated rings. The van der Waals surface area contributed by atoms with Gasteiger partial charge in [0.05, 0.1) is 41.3 Å². The number of nitrogens with zero attached hydrogens (tertiary/aromatic N) is 3. The number of hydrogen-bond donors (Lipinski definition) is 1. The van der Waals surface area contributed by atoms with Crippen LogP contribution in [0.3, 0.4) is 0 Å². The van der Waals surface area contributed by atoms with Gasteiger partial charge in [-0.15, -0.1) is 11.3 Å². The van der Waals surface area contributed by atoms with Gasteiger partial charge < -0.3 is 14.8 Å². The van der Waals surface area contributed by atoms with Crippen molar-refractivity contribution in [2.75, 3.05) is 11.9 Å². The van der Waals surface area contributed by atoms with E-state index in [1.54, 1.807) is 28.5 Å².